The molecule has 0 aromatic heterocycles. The molecule has 90 valence electrons. The van der Waals surface area contributed by atoms with Gasteiger partial charge in [0.25, 0.3) is 0 Å². The van der Waals surface area contributed by atoms with Crippen molar-refractivity contribution in [3.63, 3.8) is 0 Å². The molecular formula is C12H18O3S. The number of benzene rings is 1. The zero-order valence-corrected chi connectivity index (χ0v) is 10.9. The van der Waals surface area contributed by atoms with Crippen molar-refractivity contribution >= 4 is 10.8 Å². The van der Waals surface area contributed by atoms with Crippen molar-refractivity contribution in [3.05, 3.63) is 23.8 Å². The summed E-state index contributed by atoms with van der Waals surface area (Å²) >= 11 is 0. The first-order valence-corrected chi connectivity index (χ1v) is 6.25. The lowest BCUT2D eigenvalue weighted by atomic mass is 10.2. The van der Waals surface area contributed by atoms with E-state index < -0.39 is 10.8 Å². The third-order valence-corrected chi connectivity index (χ3v) is 4.14. The normalized spacial score (nSPS) is 13.6. The number of aliphatic hydroxyl groups excluding tert-OH is 1. The summed E-state index contributed by atoms with van der Waals surface area (Å²) in [5.74, 6) is 0.569. The molecule has 0 saturated carbocycles. The molecule has 1 rings (SSSR count). The highest BCUT2D eigenvalue weighted by molar-refractivity contribution is 7.86. The van der Waals surface area contributed by atoms with Crippen LogP contribution in [0.4, 0.5) is 0 Å². The van der Waals surface area contributed by atoms with Crippen LogP contribution in [0.25, 0.3) is 0 Å². The van der Waals surface area contributed by atoms with Crippen molar-refractivity contribution in [3.8, 4) is 5.75 Å². The van der Waals surface area contributed by atoms with Crippen LogP contribution in [0.15, 0.2) is 23.1 Å². The summed E-state index contributed by atoms with van der Waals surface area (Å²) in [5.41, 5.74) is 0.660. The first-order valence-electron chi connectivity index (χ1n) is 5.10. The number of aliphatic hydroxyl groups is 1. The minimum absolute atomic E-state index is 0.131. The van der Waals surface area contributed by atoms with E-state index in [4.69, 9.17) is 4.74 Å². The van der Waals surface area contributed by atoms with Crippen LogP contribution in [0.1, 0.15) is 26.3 Å². The molecule has 1 N–H and O–H groups in total. The van der Waals surface area contributed by atoms with Crippen LogP contribution >= 0.6 is 0 Å². The molecule has 0 aliphatic carbocycles. The summed E-state index contributed by atoms with van der Waals surface area (Å²) in [4.78, 5) is 0.597. The van der Waals surface area contributed by atoms with Crippen molar-refractivity contribution in [2.45, 2.75) is 37.0 Å². The van der Waals surface area contributed by atoms with E-state index in [1.54, 1.807) is 25.3 Å². The molecule has 1 unspecified atom stereocenters. The van der Waals surface area contributed by atoms with Gasteiger partial charge in [-0.2, -0.15) is 0 Å². The van der Waals surface area contributed by atoms with E-state index in [2.05, 4.69) is 0 Å². The van der Waals surface area contributed by atoms with Crippen LogP contribution in [0, 0.1) is 0 Å². The van der Waals surface area contributed by atoms with E-state index >= 15 is 0 Å². The van der Waals surface area contributed by atoms with Gasteiger partial charge in [-0.15, -0.1) is 0 Å². The number of rotatable bonds is 3. The Balaban J connectivity index is 3.34. The van der Waals surface area contributed by atoms with Gasteiger partial charge in [-0.1, -0.05) is 12.1 Å². The third-order valence-electron chi connectivity index (χ3n) is 2.19. The first kappa shape index (κ1) is 13.2. The van der Waals surface area contributed by atoms with Crippen LogP contribution in [-0.4, -0.2) is 21.2 Å². The Morgan fingerprint density at radius 2 is 2.00 bits per heavy atom. The highest BCUT2D eigenvalue weighted by Crippen LogP contribution is 2.31. The van der Waals surface area contributed by atoms with Gasteiger partial charge in [0.15, 0.2) is 0 Å². The lowest BCUT2D eigenvalue weighted by molar-refractivity contribution is 0.277. The number of hydrogen-bond donors (Lipinski definition) is 1. The van der Waals surface area contributed by atoms with Crippen LogP contribution in [0.2, 0.25) is 0 Å². The van der Waals surface area contributed by atoms with Crippen molar-refractivity contribution in [2.75, 3.05) is 7.11 Å². The molecule has 0 aliphatic heterocycles. The van der Waals surface area contributed by atoms with E-state index in [1.807, 2.05) is 20.8 Å². The van der Waals surface area contributed by atoms with Gasteiger partial charge in [0, 0.05) is 4.75 Å². The number of ether oxygens (including phenoxy) is 1. The van der Waals surface area contributed by atoms with Gasteiger partial charge >= 0.3 is 0 Å². The molecule has 4 heteroatoms. The largest absolute Gasteiger partial charge is 0.495 e. The van der Waals surface area contributed by atoms with Gasteiger partial charge < -0.3 is 9.84 Å². The fourth-order valence-electron chi connectivity index (χ4n) is 1.36. The first-order chi connectivity index (χ1) is 7.41. The molecule has 3 nitrogen and oxygen atoms in total. The minimum atomic E-state index is -1.21. The summed E-state index contributed by atoms with van der Waals surface area (Å²) in [6.07, 6.45) is 0. The van der Waals surface area contributed by atoms with Gasteiger partial charge in [0.05, 0.1) is 29.4 Å². The quantitative estimate of drug-likeness (QED) is 0.883. The zero-order chi connectivity index (χ0) is 12.3. The second kappa shape index (κ2) is 4.97. The van der Waals surface area contributed by atoms with Crippen LogP contribution in [-0.2, 0) is 17.4 Å². The fourth-order valence-corrected chi connectivity index (χ4v) is 2.68. The minimum Gasteiger partial charge on any atom is -0.495 e. The molecule has 0 fully saturated rings. The summed E-state index contributed by atoms with van der Waals surface area (Å²) in [6.45, 7) is 5.57. The summed E-state index contributed by atoms with van der Waals surface area (Å²) in [7, 11) is 0.333. The Bertz CT molecular complexity index is 371. The van der Waals surface area contributed by atoms with Crippen LogP contribution < -0.4 is 4.74 Å². The van der Waals surface area contributed by atoms with Gasteiger partial charge in [-0.25, -0.2) is 0 Å². The Morgan fingerprint density at radius 3 is 2.44 bits per heavy atom. The monoisotopic (exact) mass is 242 g/mol. The Labute approximate surface area is 98.9 Å². The van der Waals surface area contributed by atoms with Crippen LogP contribution in [0.3, 0.4) is 0 Å². The zero-order valence-electron chi connectivity index (χ0n) is 10.1. The summed E-state index contributed by atoms with van der Waals surface area (Å²) in [5, 5.41) is 9.26. The molecule has 16 heavy (non-hydrogen) atoms. The topological polar surface area (TPSA) is 46.5 Å². The predicted molar refractivity (Wildman–Crippen MR) is 65.1 cm³/mol. The molecule has 0 heterocycles. The van der Waals surface area contributed by atoms with Gasteiger partial charge in [0.2, 0.25) is 0 Å². The highest BCUT2D eigenvalue weighted by Gasteiger charge is 2.26. The van der Waals surface area contributed by atoms with Crippen LogP contribution in [0.5, 0.6) is 5.75 Å². The molecule has 0 spiro atoms. The molecule has 1 aromatic rings. The lowest BCUT2D eigenvalue weighted by Gasteiger charge is -2.21. The maximum absolute atomic E-state index is 12.3. The molecule has 0 bridgehead atoms. The van der Waals surface area contributed by atoms with E-state index in [9.17, 15) is 9.32 Å². The molecule has 0 aliphatic rings. The van der Waals surface area contributed by atoms with Gasteiger partial charge in [0.1, 0.15) is 5.75 Å². The van der Waals surface area contributed by atoms with E-state index in [-0.39, 0.29) is 11.4 Å². The van der Waals surface area contributed by atoms with E-state index in [0.29, 0.717) is 16.2 Å². The fraction of sp³-hybridized carbons (Fsp3) is 0.500. The SMILES string of the molecule is COc1cccc(CO)c1S(=O)C(C)(C)C. The molecule has 1 atom stereocenters. The summed E-state index contributed by atoms with van der Waals surface area (Å²) in [6, 6.07) is 5.31. The standard InChI is InChI=1S/C12H18O3S/c1-12(2,3)16(14)11-9(8-13)6-5-7-10(11)15-4/h5-7,13H,8H2,1-4H3. The molecule has 0 radical (unpaired) electrons. The molecule has 0 amide bonds. The predicted octanol–water partition coefficient (Wildman–Crippen LogP) is 2.09. The van der Waals surface area contributed by atoms with Gasteiger partial charge in [-0.3, -0.25) is 4.21 Å². The average Bonchev–Trinajstić information content (AvgIpc) is 2.25. The van der Waals surface area contributed by atoms with E-state index in [1.165, 1.54) is 0 Å². The average molecular weight is 242 g/mol. The Hall–Kier alpha value is -0.870. The van der Waals surface area contributed by atoms with Crippen molar-refractivity contribution in [1.29, 1.82) is 0 Å². The van der Waals surface area contributed by atoms with E-state index in [0.717, 1.165) is 0 Å². The molecule has 1 aromatic carbocycles. The lowest BCUT2D eigenvalue weighted by Crippen LogP contribution is -2.23. The molecule has 0 saturated heterocycles. The molecular weight excluding hydrogens is 224 g/mol. The smallest absolute Gasteiger partial charge is 0.135 e. The second-order valence-corrected chi connectivity index (χ2v) is 6.66. The maximum atomic E-state index is 12.3. The Kier molecular flexibility index (Phi) is 4.10. The van der Waals surface area contributed by atoms with Gasteiger partial charge in [-0.05, 0) is 32.4 Å². The summed E-state index contributed by atoms with van der Waals surface area (Å²) < 4.78 is 17.2. The highest BCUT2D eigenvalue weighted by atomic mass is 32.2. The Morgan fingerprint density at radius 1 is 1.38 bits per heavy atom. The number of hydrogen-bond acceptors (Lipinski definition) is 3. The second-order valence-electron chi connectivity index (χ2n) is 4.49. The number of methoxy groups -OCH3 is 1. The van der Waals surface area contributed by atoms with Crippen molar-refractivity contribution < 1.29 is 14.1 Å². The third kappa shape index (κ3) is 2.62. The maximum Gasteiger partial charge on any atom is 0.135 e. The van der Waals surface area contributed by atoms with Crippen molar-refractivity contribution in [1.82, 2.24) is 0 Å². The van der Waals surface area contributed by atoms with Crippen molar-refractivity contribution in [2.24, 2.45) is 0 Å².